The van der Waals surface area contributed by atoms with Gasteiger partial charge in [0, 0.05) is 5.56 Å². The van der Waals surface area contributed by atoms with Crippen LogP contribution in [0.1, 0.15) is 22.8 Å². The van der Waals surface area contributed by atoms with E-state index in [-0.39, 0.29) is 5.84 Å². The highest BCUT2D eigenvalue weighted by atomic mass is 32.2. The Balaban J connectivity index is 2.85. The third kappa shape index (κ3) is 4.38. The molecule has 1 aromatic carbocycles. The molecule has 18 heavy (non-hydrogen) atoms. The lowest BCUT2D eigenvalue weighted by atomic mass is 10.1. The molecule has 1 aromatic rings. The van der Waals surface area contributed by atoms with E-state index in [1.54, 1.807) is 12.1 Å². The van der Waals surface area contributed by atoms with E-state index in [4.69, 9.17) is 11.1 Å². The molecule has 0 aliphatic carbocycles. The van der Waals surface area contributed by atoms with Gasteiger partial charge in [0.05, 0.1) is 5.41 Å². The third-order valence-corrected chi connectivity index (χ3v) is 3.02. The number of amidine groups is 1. The van der Waals surface area contributed by atoms with E-state index >= 15 is 0 Å². The van der Waals surface area contributed by atoms with E-state index < -0.39 is 15.9 Å². The summed E-state index contributed by atoms with van der Waals surface area (Å²) in [6, 6.07) is 6.15. The standard InChI is InChI=1S/C11H13N3O3S/c1-8(12)14-18(16,17)7-6-9-2-4-10(5-3-9)11(13)15/h2-7H,1H3,(H2,12,14)(H2,13,15). The molecule has 6 nitrogen and oxygen atoms in total. The van der Waals surface area contributed by atoms with Crippen molar-refractivity contribution in [3.8, 4) is 0 Å². The number of rotatable bonds is 4. The monoisotopic (exact) mass is 267 g/mol. The van der Waals surface area contributed by atoms with Crippen LogP contribution in [-0.4, -0.2) is 20.2 Å². The molecular weight excluding hydrogens is 254 g/mol. The van der Waals surface area contributed by atoms with Gasteiger partial charge in [-0.25, -0.2) is 8.42 Å². The van der Waals surface area contributed by atoms with Crippen LogP contribution in [0.4, 0.5) is 0 Å². The topological polar surface area (TPSA) is 113 Å². The van der Waals surface area contributed by atoms with Crippen molar-refractivity contribution < 1.29 is 13.2 Å². The smallest absolute Gasteiger partial charge is 0.255 e. The van der Waals surface area contributed by atoms with E-state index in [9.17, 15) is 13.2 Å². The molecule has 0 unspecified atom stereocenters. The Labute approximate surface area is 105 Å². The molecule has 0 fully saturated rings. The molecule has 7 heteroatoms. The minimum absolute atomic E-state index is 0.163. The fourth-order valence-electron chi connectivity index (χ4n) is 1.17. The van der Waals surface area contributed by atoms with Crippen LogP contribution in [-0.2, 0) is 10.0 Å². The van der Waals surface area contributed by atoms with Crippen molar-refractivity contribution in [2.24, 2.45) is 5.73 Å². The van der Waals surface area contributed by atoms with E-state index in [0.717, 1.165) is 5.41 Å². The van der Waals surface area contributed by atoms with Gasteiger partial charge in [0.25, 0.3) is 10.0 Å². The number of primary amides is 1. The lowest BCUT2D eigenvalue weighted by molar-refractivity contribution is 0.100. The molecule has 0 atom stereocenters. The van der Waals surface area contributed by atoms with Crippen LogP contribution >= 0.6 is 0 Å². The van der Waals surface area contributed by atoms with Crippen molar-refractivity contribution in [1.82, 2.24) is 4.72 Å². The molecule has 0 heterocycles. The number of carbonyl (C=O) groups excluding carboxylic acids is 1. The second kappa shape index (κ2) is 5.46. The molecule has 0 aromatic heterocycles. The first-order valence-corrected chi connectivity index (χ1v) is 6.51. The average Bonchev–Trinajstić information content (AvgIpc) is 2.25. The van der Waals surface area contributed by atoms with Crippen molar-refractivity contribution in [2.75, 3.05) is 0 Å². The van der Waals surface area contributed by atoms with Gasteiger partial charge in [-0.05, 0) is 30.7 Å². The van der Waals surface area contributed by atoms with E-state index in [1.807, 2.05) is 4.72 Å². The van der Waals surface area contributed by atoms with Crippen molar-refractivity contribution in [1.29, 1.82) is 5.41 Å². The summed E-state index contributed by atoms with van der Waals surface area (Å²) in [4.78, 5) is 10.8. The molecule has 0 aliphatic heterocycles. The van der Waals surface area contributed by atoms with Crippen molar-refractivity contribution >= 4 is 27.8 Å². The highest BCUT2D eigenvalue weighted by Gasteiger charge is 2.04. The Morgan fingerprint density at radius 2 is 1.89 bits per heavy atom. The summed E-state index contributed by atoms with van der Waals surface area (Å²) in [5, 5.41) is 7.98. The van der Waals surface area contributed by atoms with Gasteiger partial charge >= 0.3 is 0 Å². The highest BCUT2D eigenvalue weighted by Crippen LogP contribution is 2.06. The Morgan fingerprint density at radius 3 is 2.33 bits per heavy atom. The van der Waals surface area contributed by atoms with Crippen molar-refractivity contribution in [2.45, 2.75) is 6.92 Å². The van der Waals surface area contributed by atoms with Crippen LogP contribution in [0.3, 0.4) is 0 Å². The maximum atomic E-state index is 11.4. The van der Waals surface area contributed by atoms with Crippen LogP contribution < -0.4 is 10.5 Å². The summed E-state index contributed by atoms with van der Waals surface area (Å²) in [6.45, 7) is 1.33. The zero-order chi connectivity index (χ0) is 13.8. The van der Waals surface area contributed by atoms with Crippen LogP contribution in [0.2, 0.25) is 0 Å². The fraction of sp³-hybridized carbons (Fsp3) is 0.0909. The minimum Gasteiger partial charge on any atom is -0.366 e. The first-order valence-electron chi connectivity index (χ1n) is 4.96. The third-order valence-electron chi connectivity index (χ3n) is 1.93. The van der Waals surface area contributed by atoms with E-state index in [1.165, 1.54) is 25.1 Å². The molecule has 0 radical (unpaired) electrons. The van der Waals surface area contributed by atoms with Crippen molar-refractivity contribution in [3.05, 3.63) is 40.8 Å². The molecule has 0 aliphatic rings. The normalized spacial score (nSPS) is 11.4. The summed E-state index contributed by atoms with van der Waals surface area (Å²) < 4.78 is 24.8. The second-order valence-electron chi connectivity index (χ2n) is 3.56. The lowest BCUT2D eigenvalue weighted by Crippen LogP contribution is -2.25. The van der Waals surface area contributed by atoms with Gasteiger partial charge in [-0.3, -0.25) is 14.9 Å². The zero-order valence-electron chi connectivity index (χ0n) is 9.67. The summed E-state index contributed by atoms with van der Waals surface area (Å²) in [7, 11) is -3.65. The van der Waals surface area contributed by atoms with Gasteiger partial charge in [-0.1, -0.05) is 12.1 Å². The first kappa shape index (κ1) is 13.9. The Hall–Kier alpha value is -2.15. The largest absolute Gasteiger partial charge is 0.366 e. The number of sulfonamides is 1. The molecule has 0 spiro atoms. The maximum Gasteiger partial charge on any atom is 0.255 e. The van der Waals surface area contributed by atoms with E-state index in [0.29, 0.717) is 11.1 Å². The fourth-order valence-corrected chi connectivity index (χ4v) is 2.01. The number of hydrogen-bond acceptors (Lipinski definition) is 4. The van der Waals surface area contributed by atoms with Crippen LogP contribution in [0.5, 0.6) is 0 Å². The number of nitrogens with one attached hydrogen (secondary N) is 2. The van der Waals surface area contributed by atoms with E-state index in [2.05, 4.69) is 0 Å². The predicted octanol–water partition coefficient (Wildman–Crippen LogP) is 0.673. The molecule has 0 saturated carbocycles. The molecule has 96 valence electrons. The highest BCUT2D eigenvalue weighted by molar-refractivity contribution is 7.93. The molecule has 1 rings (SSSR count). The van der Waals surface area contributed by atoms with Gasteiger partial charge in [0.2, 0.25) is 5.91 Å². The summed E-state index contributed by atoms with van der Waals surface area (Å²) in [5.41, 5.74) is 6.03. The summed E-state index contributed by atoms with van der Waals surface area (Å²) >= 11 is 0. The van der Waals surface area contributed by atoms with Crippen LogP contribution in [0.15, 0.2) is 29.7 Å². The summed E-state index contributed by atoms with van der Waals surface area (Å²) in [6.07, 6.45) is 1.36. The molecule has 4 N–H and O–H groups in total. The Morgan fingerprint density at radius 1 is 1.33 bits per heavy atom. The van der Waals surface area contributed by atoms with Crippen molar-refractivity contribution in [3.63, 3.8) is 0 Å². The Kier molecular flexibility index (Phi) is 4.22. The molecule has 0 saturated heterocycles. The number of nitrogens with two attached hydrogens (primary N) is 1. The quantitative estimate of drug-likeness (QED) is 0.550. The molecular formula is C11H13N3O3S. The summed E-state index contributed by atoms with van der Waals surface area (Å²) in [5.74, 6) is -0.706. The molecule has 0 bridgehead atoms. The first-order chi connectivity index (χ1) is 8.30. The predicted molar refractivity (Wildman–Crippen MR) is 69.5 cm³/mol. The van der Waals surface area contributed by atoms with Crippen LogP contribution in [0, 0.1) is 5.41 Å². The number of benzene rings is 1. The number of carbonyl (C=O) groups is 1. The average molecular weight is 267 g/mol. The zero-order valence-corrected chi connectivity index (χ0v) is 10.5. The van der Waals surface area contributed by atoms with Gasteiger partial charge in [0.1, 0.15) is 5.84 Å². The lowest BCUT2D eigenvalue weighted by Gasteiger charge is -2.00. The Bertz CT molecular complexity index is 588. The van der Waals surface area contributed by atoms with Gasteiger partial charge in [-0.15, -0.1) is 0 Å². The van der Waals surface area contributed by atoms with Gasteiger partial charge in [-0.2, -0.15) is 0 Å². The van der Waals surface area contributed by atoms with Gasteiger partial charge < -0.3 is 5.73 Å². The minimum atomic E-state index is -3.65. The second-order valence-corrected chi connectivity index (χ2v) is 5.13. The number of amides is 1. The van der Waals surface area contributed by atoms with Gasteiger partial charge in [0.15, 0.2) is 0 Å². The van der Waals surface area contributed by atoms with Crippen LogP contribution in [0.25, 0.3) is 6.08 Å². The SMILES string of the molecule is CC(=N)NS(=O)(=O)C=Cc1ccc(C(N)=O)cc1. The molecule has 1 amide bonds. The maximum absolute atomic E-state index is 11.4. The number of hydrogen-bond donors (Lipinski definition) is 3.